The maximum atomic E-state index is 12.2. The van der Waals surface area contributed by atoms with Crippen molar-refractivity contribution in [1.29, 1.82) is 0 Å². The maximum Gasteiger partial charge on any atom is 0.338 e. The van der Waals surface area contributed by atoms with E-state index in [1.807, 2.05) is 0 Å². The number of urea groups is 1. The van der Waals surface area contributed by atoms with E-state index < -0.39 is 18.0 Å². The van der Waals surface area contributed by atoms with Crippen LogP contribution < -0.4 is 10.6 Å². The van der Waals surface area contributed by atoms with Crippen LogP contribution >= 0.6 is 23.2 Å². The Morgan fingerprint density at radius 1 is 1.41 bits per heavy atom. The molecule has 0 saturated heterocycles. The summed E-state index contributed by atoms with van der Waals surface area (Å²) in [6, 6.07) is 3.83. The minimum absolute atomic E-state index is 0.0810. The standard InChI is InChI=1S/C15H14Cl2N2O3/c1-3-6-22-14(20)12-8(2)18-15(21)19-13(12)9-4-5-10(16)11(17)7-9/h3-5,7,13H,1,6H2,2H3,(H2,18,19,21)/t13-/m1/s1. The second-order valence-corrected chi connectivity index (χ2v) is 5.45. The Bertz CT molecular complexity index is 671. The van der Waals surface area contributed by atoms with Crippen LogP contribution in [0.5, 0.6) is 0 Å². The molecule has 1 aliphatic rings. The Hall–Kier alpha value is -1.98. The number of carbonyl (C=O) groups excluding carboxylic acids is 2. The number of ether oxygens (including phenoxy) is 1. The molecule has 2 N–H and O–H groups in total. The Morgan fingerprint density at radius 2 is 2.14 bits per heavy atom. The number of amides is 2. The molecule has 116 valence electrons. The van der Waals surface area contributed by atoms with Crippen LogP contribution in [-0.4, -0.2) is 18.6 Å². The van der Waals surface area contributed by atoms with Gasteiger partial charge in [0.2, 0.25) is 0 Å². The van der Waals surface area contributed by atoms with Gasteiger partial charge in [0.05, 0.1) is 21.7 Å². The fourth-order valence-corrected chi connectivity index (χ4v) is 2.43. The van der Waals surface area contributed by atoms with E-state index in [4.69, 9.17) is 27.9 Å². The van der Waals surface area contributed by atoms with E-state index in [1.54, 1.807) is 25.1 Å². The summed E-state index contributed by atoms with van der Waals surface area (Å²) in [6.07, 6.45) is 1.47. The molecular weight excluding hydrogens is 327 g/mol. The molecule has 0 aliphatic carbocycles. The summed E-state index contributed by atoms with van der Waals surface area (Å²) in [6.45, 7) is 5.21. The monoisotopic (exact) mass is 340 g/mol. The molecule has 2 rings (SSSR count). The fraction of sp³-hybridized carbons (Fsp3) is 0.200. The van der Waals surface area contributed by atoms with Gasteiger partial charge in [-0.15, -0.1) is 0 Å². The predicted octanol–water partition coefficient (Wildman–Crippen LogP) is 3.35. The Balaban J connectivity index is 2.42. The van der Waals surface area contributed by atoms with Gasteiger partial charge in [-0.1, -0.05) is 41.9 Å². The minimum Gasteiger partial charge on any atom is -0.458 e. The summed E-state index contributed by atoms with van der Waals surface area (Å²) >= 11 is 11.9. The third-order valence-electron chi connectivity index (χ3n) is 3.10. The molecule has 1 aromatic rings. The number of hydrogen-bond donors (Lipinski definition) is 2. The molecule has 0 radical (unpaired) electrons. The van der Waals surface area contributed by atoms with E-state index in [1.165, 1.54) is 6.08 Å². The number of hydrogen-bond acceptors (Lipinski definition) is 3. The number of nitrogens with one attached hydrogen (secondary N) is 2. The average Bonchev–Trinajstić information content (AvgIpc) is 2.46. The first-order chi connectivity index (χ1) is 10.4. The van der Waals surface area contributed by atoms with Gasteiger partial charge in [-0.2, -0.15) is 0 Å². The van der Waals surface area contributed by atoms with Crippen molar-refractivity contribution in [2.24, 2.45) is 0 Å². The highest BCUT2D eigenvalue weighted by Crippen LogP contribution is 2.31. The van der Waals surface area contributed by atoms with Gasteiger partial charge in [-0.05, 0) is 24.6 Å². The lowest BCUT2D eigenvalue weighted by molar-refractivity contribution is -0.138. The highest BCUT2D eigenvalue weighted by molar-refractivity contribution is 6.42. The molecule has 1 aromatic carbocycles. The summed E-state index contributed by atoms with van der Waals surface area (Å²) < 4.78 is 5.08. The molecule has 0 saturated carbocycles. The predicted molar refractivity (Wildman–Crippen MR) is 84.7 cm³/mol. The first kappa shape index (κ1) is 16.4. The van der Waals surface area contributed by atoms with E-state index in [0.717, 1.165) is 0 Å². The van der Waals surface area contributed by atoms with Gasteiger partial charge in [0, 0.05) is 5.70 Å². The molecule has 1 atom stereocenters. The molecule has 0 fully saturated rings. The third-order valence-corrected chi connectivity index (χ3v) is 3.84. The lowest BCUT2D eigenvalue weighted by Crippen LogP contribution is -2.45. The second kappa shape index (κ2) is 6.85. The van der Waals surface area contributed by atoms with E-state index in [9.17, 15) is 9.59 Å². The van der Waals surface area contributed by atoms with Crippen LogP contribution in [0, 0.1) is 0 Å². The Labute approximate surface area is 137 Å². The van der Waals surface area contributed by atoms with Crippen molar-refractivity contribution in [2.75, 3.05) is 6.61 Å². The molecule has 5 nitrogen and oxygen atoms in total. The zero-order valence-corrected chi connectivity index (χ0v) is 13.3. The molecule has 0 unspecified atom stereocenters. The molecule has 1 heterocycles. The first-order valence-corrected chi connectivity index (χ1v) is 7.21. The van der Waals surface area contributed by atoms with Crippen molar-refractivity contribution in [3.8, 4) is 0 Å². The van der Waals surface area contributed by atoms with Crippen molar-refractivity contribution < 1.29 is 14.3 Å². The van der Waals surface area contributed by atoms with Crippen LogP contribution in [0.25, 0.3) is 0 Å². The highest BCUT2D eigenvalue weighted by Gasteiger charge is 2.32. The number of allylic oxidation sites excluding steroid dienone is 1. The van der Waals surface area contributed by atoms with Gasteiger partial charge in [0.1, 0.15) is 6.61 Å². The topological polar surface area (TPSA) is 67.4 Å². The smallest absolute Gasteiger partial charge is 0.338 e. The molecule has 1 aliphatic heterocycles. The zero-order chi connectivity index (χ0) is 16.3. The molecule has 22 heavy (non-hydrogen) atoms. The molecular formula is C15H14Cl2N2O3. The number of esters is 1. The van der Waals surface area contributed by atoms with Crippen molar-refractivity contribution >= 4 is 35.2 Å². The SMILES string of the molecule is C=CCOC(=O)C1=C(C)NC(=O)N[C@@H]1c1ccc(Cl)c(Cl)c1. The van der Waals surface area contributed by atoms with Crippen molar-refractivity contribution in [2.45, 2.75) is 13.0 Å². The third kappa shape index (κ3) is 3.43. The van der Waals surface area contributed by atoms with Crippen molar-refractivity contribution in [3.63, 3.8) is 0 Å². The molecule has 2 amide bonds. The average molecular weight is 341 g/mol. The van der Waals surface area contributed by atoms with Gasteiger partial charge >= 0.3 is 12.0 Å². The quantitative estimate of drug-likeness (QED) is 0.652. The van der Waals surface area contributed by atoms with Crippen molar-refractivity contribution in [3.05, 3.63) is 57.7 Å². The minimum atomic E-state index is -0.666. The zero-order valence-electron chi connectivity index (χ0n) is 11.8. The van der Waals surface area contributed by atoms with Gasteiger partial charge in [0.25, 0.3) is 0 Å². The Morgan fingerprint density at radius 3 is 2.77 bits per heavy atom. The van der Waals surface area contributed by atoms with Gasteiger partial charge < -0.3 is 15.4 Å². The summed E-state index contributed by atoms with van der Waals surface area (Å²) in [5.41, 5.74) is 1.36. The highest BCUT2D eigenvalue weighted by atomic mass is 35.5. The van der Waals surface area contributed by atoms with E-state index in [2.05, 4.69) is 17.2 Å². The van der Waals surface area contributed by atoms with Gasteiger partial charge in [-0.3, -0.25) is 0 Å². The van der Waals surface area contributed by atoms with Crippen LogP contribution in [0.15, 0.2) is 42.1 Å². The number of rotatable bonds is 4. The summed E-state index contributed by atoms with van der Waals surface area (Å²) in [5, 5.41) is 5.96. The first-order valence-electron chi connectivity index (χ1n) is 6.45. The van der Waals surface area contributed by atoms with Crippen LogP contribution in [0.1, 0.15) is 18.5 Å². The van der Waals surface area contributed by atoms with Crippen LogP contribution in [0.3, 0.4) is 0 Å². The Kier molecular flexibility index (Phi) is 5.11. The lowest BCUT2D eigenvalue weighted by Gasteiger charge is -2.28. The summed E-state index contributed by atoms with van der Waals surface area (Å²) in [5.74, 6) is -0.541. The molecule has 0 aromatic heterocycles. The summed E-state index contributed by atoms with van der Waals surface area (Å²) in [4.78, 5) is 23.9. The van der Waals surface area contributed by atoms with E-state index in [-0.39, 0.29) is 6.61 Å². The molecule has 0 bridgehead atoms. The summed E-state index contributed by atoms with van der Waals surface area (Å²) in [7, 11) is 0. The second-order valence-electron chi connectivity index (χ2n) is 4.63. The van der Waals surface area contributed by atoms with Crippen molar-refractivity contribution in [1.82, 2.24) is 10.6 Å². The number of halogens is 2. The van der Waals surface area contributed by atoms with Crippen LogP contribution in [0.2, 0.25) is 10.0 Å². The van der Waals surface area contributed by atoms with Crippen LogP contribution in [0.4, 0.5) is 4.79 Å². The van der Waals surface area contributed by atoms with E-state index in [0.29, 0.717) is 26.9 Å². The van der Waals surface area contributed by atoms with E-state index >= 15 is 0 Å². The van der Waals surface area contributed by atoms with Gasteiger partial charge in [0.15, 0.2) is 0 Å². The van der Waals surface area contributed by atoms with Gasteiger partial charge in [-0.25, -0.2) is 9.59 Å². The fourth-order valence-electron chi connectivity index (χ4n) is 2.12. The molecule has 7 heteroatoms. The number of carbonyl (C=O) groups is 2. The molecule has 0 spiro atoms. The number of benzene rings is 1. The lowest BCUT2D eigenvalue weighted by atomic mass is 9.95. The normalized spacial score (nSPS) is 17.6. The van der Waals surface area contributed by atoms with Crippen LogP contribution in [-0.2, 0) is 9.53 Å². The maximum absolute atomic E-state index is 12.2. The largest absolute Gasteiger partial charge is 0.458 e.